The van der Waals surface area contributed by atoms with E-state index in [1.165, 1.54) is 18.2 Å². The van der Waals surface area contributed by atoms with Crippen molar-refractivity contribution in [2.45, 2.75) is 52.2 Å². The Morgan fingerprint density at radius 3 is 2.76 bits per heavy atom. The van der Waals surface area contributed by atoms with E-state index >= 15 is 0 Å². The largest absolute Gasteiger partial charge is 0.314 e. The summed E-state index contributed by atoms with van der Waals surface area (Å²) >= 11 is 0. The summed E-state index contributed by atoms with van der Waals surface area (Å²) in [6.07, 6.45) is 2.19. The SMILES string of the molecule is CCCNC1CCN(Cc2cc(F)ccc2F)C(C)C1C. The summed E-state index contributed by atoms with van der Waals surface area (Å²) in [6, 6.07) is 4.58. The highest BCUT2D eigenvalue weighted by Crippen LogP contribution is 2.26. The highest BCUT2D eigenvalue weighted by molar-refractivity contribution is 5.19. The monoisotopic (exact) mass is 296 g/mol. The molecular weight excluding hydrogens is 270 g/mol. The normalized spacial score (nSPS) is 27.0. The van der Waals surface area contributed by atoms with Crippen LogP contribution in [-0.2, 0) is 6.54 Å². The molecular formula is C17H26F2N2. The van der Waals surface area contributed by atoms with Crippen LogP contribution < -0.4 is 5.32 Å². The molecule has 1 aliphatic rings. The van der Waals surface area contributed by atoms with E-state index in [-0.39, 0.29) is 11.6 Å². The Hall–Kier alpha value is -1.00. The van der Waals surface area contributed by atoms with Gasteiger partial charge in [-0.2, -0.15) is 0 Å². The van der Waals surface area contributed by atoms with E-state index in [1.807, 2.05) is 0 Å². The van der Waals surface area contributed by atoms with Crippen molar-refractivity contribution in [3.8, 4) is 0 Å². The van der Waals surface area contributed by atoms with Crippen LogP contribution in [0.15, 0.2) is 18.2 Å². The number of halogens is 2. The second-order valence-corrected chi connectivity index (χ2v) is 6.16. The molecule has 2 nitrogen and oxygen atoms in total. The minimum atomic E-state index is -0.369. The van der Waals surface area contributed by atoms with E-state index in [2.05, 4.69) is 31.0 Å². The predicted molar refractivity (Wildman–Crippen MR) is 82.1 cm³/mol. The Bertz CT molecular complexity index is 464. The van der Waals surface area contributed by atoms with Gasteiger partial charge in [0.2, 0.25) is 0 Å². The molecule has 21 heavy (non-hydrogen) atoms. The van der Waals surface area contributed by atoms with Gasteiger partial charge in [-0.3, -0.25) is 4.90 Å². The molecule has 1 saturated heterocycles. The zero-order chi connectivity index (χ0) is 15.4. The van der Waals surface area contributed by atoms with Crippen molar-refractivity contribution in [1.82, 2.24) is 10.2 Å². The molecule has 4 heteroatoms. The van der Waals surface area contributed by atoms with Gasteiger partial charge in [-0.25, -0.2) is 8.78 Å². The van der Waals surface area contributed by atoms with Crippen LogP contribution in [0, 0.1) is 17.6 Å². The predicted octanol–water partition coefficient (Wildman–Crippen LogP) is 3.56. The van der Waals surface area contributed by atoms with Crippen molar-refractivity contribution in [3.63, 3.8) is 0 Å². The molecule has 3 atom stereocenters. The average molecular weight is 296 g/mol. The van der Waals surface area contributed by atoms with Gasteiger partial charge < -0.3 is 5.32 Å². The van der Waals surface area contributed by atoms with Crippen LogP contribution in [0.4, 0.5) is 8.78 Å². The quantitative estimate of drug-likeness (QED) is 0.893. The van der Waals surface area contributed by atoms with Gasteiger partial charge in [-0.15, -0.1) is 0 Å². The molecule has 0 saturated carbocycles. The second-order valence-electron chi connectivity index (χ2n) is 6.16. The standard InChI is InChI=1S/C17H26F2N2/c1-4-8-20-17-7-9-21(13(3)12(17)2)11-14-10-15(18)5-6-16(14)19/h5-6,10,12-13,17,20H,4,7-9,11H2,1-3H3. The molecule has 1 aliphatic heterocycles. The lowest BCUT2D eigenvalue weighted by Gasteiger charge is -2.43. The fourth-order valence-corrected chi connectivity index (χ4v) is 3.16. The van der Waals surface area contributed by atoms with Gasteiger partial charge in [0.05, 0.1) is 0 Å². The number of likely N-dealkylation sites (tertiary alicyclic amines) is 1. The minimum absolute atomic E-state index is 0.317. The van der Waals surface area contributed by atoms with Crippen LogP contribution in [0.3, 0.4) is 0 Å². The van der Waals surface area contributed by atoms with Crippen molar-refractivity contribution in [2.24, 2.45) is 5.92 Å². The highest BCUT2D eigenvalue weighted by atomic mass is 19.1. The maximum atomic E-state index is 13.8. The number of piperidine rings is 1. The van der Waals surface area contributed by atoms with Crippen LogP contribution in [0.25, 0.3) is 0 Å². The zero-order valence-electron chi connectivity index (χ0n) is 13.2. The lowest BCUT2D eigenvalue weighted by Crippen LogP contribution is -2.53. The van der Waals surface area contributed by atoms with Crippen molar-refractivity contribution < 1.29 is 8.78 Å². The summed E-state index contributed by atoms with van der Waals surface area (Å²) in [5.41, 5.74) is 0.453. The molecule has 1 fully saturated rings. The summed E-state index contributed by atoms with van der Waals surface area (Å²) in [4.78, 5) is 2.26. The average Bonchev–Trinajstić information content (AvgIpc) is 2.47. The molecule has 1 aromatic rings. The Labute approximate surface area is 126 Å². The fourth-order valence-electron chi connectivity index (χ4n) is 3.16. The topological polar surface area (TPSA) is 15.3 Å². The third kappa shape index (κ3) is 4.01. The zero-order valence-corrected chi connectivity index (χ0v) is 13.2. The van der Waals surface area contributed by atoms with E-state index < -0.39 is 0 Å². The lowest BCUT2D eigenvalue weighted by atomic mass is 9.86. The molecule has 118 valence electrons. The number of rotatable bonds is 5. The van der Waals surface area contributed by atoms with Crippen LogP contribution in [0.1, 0.15) is 39.2 Å². The summed E-state index contributed by atoms with van der Waals surface area (Å²) in [7, 11) is 0. The molecule has 3 unspecified atom stereocenters. The fraction of sp³-hybridized carbons (Fsp3) is 0.647. The van der Waals surface area contributed by atoms with E-state index in [9.17, 15) is 8.78 Å². The first-order valence-electron chi connectivity index (χ1n) is 7.94. The maximum Gasteiger partial charge on any atom is 0.127 e. The van der Waals surface area contributed by atoms with Crippen molar-refractivity contribution in [1.29, 1.82) is 0 Å². The molecule has 2 rings (SSSR count). The van der Waals surface area contributed by atoms with Crippen LogP contribution in [-0.4, -0.2) is 30.1 Å². The Balaban J connectivity index is 2.01. The van der Waals surface area contributed by atoms with Gasteiger partial charge in [0.1, 0.15) is 11.6 Å². The number of hydrogen-bond donors (Lipinski definition) is 1. The van der Waals surface area contributed by atoms with Gasteiger partial charge in [0.15, 0.2) is 0 Å². The summed E-state index contributed by atoms with van der Waals surface area (Å²) in [5, 5.41) is 3.60. The third-order valence-corrected chi connectivity index (χ3v) is 4.74. The molecule has 0 amide bonds. The van der Waals surface area contributed by atoms with E-state index in [0.717, 1.165) is 25.9 Å². The summed E-state index contributed by atoms with van der Waals surface area (Å²) in [6.45, 7) is 9.04. The molecule has 0 spiro atoms. The smallest absolute Gasteiger partial charge is 0.127 e. The molecule has 1 N–H and O–H groups in total. The van der Waals surface area contributed by atoms with E-state index in [4.69, 9.17) is 0 Å². The van der Waals surface area contributed by atoms with Crippen LogP contribution in [0.2, 0.25) is 0 Å². The maximum absolute atomic E-state index is 13.8. The van der Waals surface area contributed by atoms with Crippen LogP contribution >= 0.6 is 0 Å². The molecule has 0 bridgehead atoms. The molecule has 0 aliphatic carbocycles. The highest BCUT2D eigenvalue weighted by Gasteiger charge is 2.32. The molecule has 1 aromatic carbocycles. The molecule has 0 aromatic heterocycles. The number of nitrogens with one attached hydrogen (secondary N) is 1. The first-order valence-corrected chi connectivity index (χ1v) is 7.94. The molecule has 1 heterocycles. The molecule has 0 radical (unpaired) electrons. The minimum Gasteiger partial charge on any atom is -0.314 e. The number of nitrogens with zero attached hydrogens (tertiary/aromatic N) is 1. The number of benzene rings is 1. The van der Waals surface area contributed by atoms with Gasteiger partial charge in [0, 0.05) is 30.7 Å². The van der Waals surface area contributed by atoms with E-state index in [1.54, 1.807) is 0 Å². The van der Waals surface area contributed by atoms with Gasteiger partial charge in [-0.1, -0.05) is 13.8 Å². The van der Waals surface area contributed by atoms with Crippen molar-refractivity contribution >= 4 is 0 Å². The Morgan fingerprint density at radius 2 is 2.05 bits per heavy atom. The van der Waals surface area contributed by atoms with Gasteiger partial charge in [0.25, 0.3) is 0 Å². The van der Waals surface area contributed by atoms with Crippen molar-refractivity contribution in [2.75, 3.05) is 13.1 Å². The third-order valence-electron chi connectivity index (χ3n) is 4.74. The second kappa shape index (κ2) is 7.32. The number of hydrogen-bond acceptors (Lipinski definition) is 2. The Morgan fingerprint density at radius 1 is 1.29 bits per heavy atom. The summed E-state index contributed by atoms with van der Waals surface area (Å²) in [5.74, 6) is -0.184. The Kier molecular flexibility index (Phi) is 5.71. The first kappa shape index (κ1) is 16.4. The van der Waals surface area contributed by atoms with Crippen molar-refractivity contribution in [3.05, 3.63) is 35.4 Å². The summed E-state index contributed by atoms with van der Waals surface area (Å²) < 4.78 is 27.1. The van der Waals surface area contributed by atoms with E-state index in [0.29, 0.717) is 30.1 Å². The first-order chi connectivity index (χ1) is 10.0. The van der Waals surface area contributed by atoms with Gasteiger partial charge in [-0.05, 0) is 50.4 Å². The van der Waals surface area contributed by atoms with Crippen LogP contribution in [0.5, 0.6) is 0 Å². The van der Waals surface area contributed by atoms with Gasteiger partial charge >= 0.3 is 0 Å². The lowest BCUT2D eigenvalue weighted by molar-refractivity contribution is 0.0774.